The standard InChI is InChI=1S/C16H15N7O2S/c1-8-14(26-10(3)18-8)15(24)17-7-13-21-20-12-6-11(4-5-23(12)13)16-19-9(2)22-25-16/h4-6H,7H2,1-3H3,(H,17,24). The van der Waals surface area contributed by atoms with Gasteiger partial charge in [0.15, 0.2) is 17.3 Å². The molecule has 1 amide bonds. The number of aryl methyl sites for hydroxylation is 3. The molecule has 0 saturated carbocycles. The van der Waals surface area contributed by atoms with Crippen molar-refractivity contribution in [1.82, 2.24) is 35.0 Å². The van der Waals surface area contributed by atoms with Crippen LogP contribution in [0.15, 0.2) is 22.9 Å². The van der Waals surface area contributed by atoms with Gasteiger partial charge in [-0.05, 0) is 32.9 Å². The predicted octanol–water partition coefficient (Wildman–Crippen LogP) is 2.09. The molecule has 0 bridgehead atoms. The van der Waals surface area contributed by atoms with Crippen LogP contribution in [0.3, 0.4) is 0 Å². The van der Waals surface area contributed by atoms with Gasteiger partial charge in [0.2, 0.25) is 0 Å². The molecule has 0 fully saturated rings. The third-order valence-corrected chi connectivity index (χ3v) is 4.84. The van der Waals surface area contributed by atoms with E-state index in [0.29, 0.717) is 28.1 Å². The lowest BCUT2D eigenvalue weighted by Gasteiger charge is -2.03. The Morgan fingerprint density at radius 3 is 2.81 bits per heavy atom. The van der Waals surface area contributed by atoms with Gasteiger partial charge < -0.3 is 9.84 Å². The first-order chi connectivity index (χ1) is 12.5. The Morgan fingerprint density at radius 2 is 2.12 bits per heavy atom. The molecule has 0 atom stereocenters. The van der Waals surface area contributed by atoms with Crippen molar-refractivity contribution >= 4 is 22.9 Å². The van der Waals surface area contributed by atoms with Crippen molar-refractivity contribution in [2.45, 2.75) is 27.3 Å². The van der Waals surface area contributed by atoms with Gasteiger partial charge >= 0.3 is 0 Å². The second-order valence-electron chi connectivity index (χ2n) is 5.74. The van der Waals surface area contributed by atoms with Crippen LogP contribution in [0.4, 0.5) is 0 Å². The van der Waals surface area contributed by atoms with Gasteiger partial charge in [-0.3, -0.25) is 9.20 Å². The fourth-order valence-corrected chi connectivity index (χ4v) is 3.43. The molecule has 1 N–H and O–H groups in total. The number of aromatic nitrogens is 6. The normalized spacial score (nSPS) is 11.2. The van der Waals surface area contributed by atoms with E-state index in [-0.39, 0.29) is 12.5 Å². The predicted molar refractivity (Wildman–Crippen MR) is 93.8 cm³/mol. The maximum atomic E-state index is 12.3. The molecule has 0 aliphatic rings. The van der Waals surface area contributed by atoms with Gasteiger partial charge in [0, 0.05) is 11.8 Å². The van der Waals surface area contributed by atoms with Crippen LogP contribution < -0.4 is 5.32 Å². The summed E-state index contributed by atoms with van der Waals surface area (Å²) >= 11 is 1.38. The Kier molecular flexibility index (Phi) is 3.96. The number of hydrogen-bond acceptors (Lipinski definition) is 8. The molecule has 9 nitrogen and oxygen atoms in total. The molecule has 0 aliphatic heterocycles. The van der Waals surface area contributed by atoms with E-state index in [1.807, 2.05) is 32.2 Å². The zero-order valence-electron chi connectivity index (χ0n) is 14.3. The van der Waals surface area contributed by atoms with Crippen molar-refractivity contribution in [3.8, 4) is 11.5 Å². The number of fused-ring (bicyclic) bond motifs is 1. The van der Waals surface area contributed by atoms with Crippen molar-refractivity contribution < 1.29 is 9.32 Å². The largest absolute Gasteiger partial charge is 0.344 e. The SMILES string of the molecule is Cc1noc(-c2ccn3c(CNC(=O)c4sc(C)nc4C)nnc3c2)n1. The summed E-state index contributed by atoms with van der Waals surface area (Å²) in [6, 6.07) is 3.65. The fourth-order valence-electron chi connectivity index (χ4n) is 2.59. The second kappa shape index (κ2) is 6.30. The Balaban J connectivity index is 1.54. The van der Waals surface area contributed by atoms with E-state index in [1.165, 1.54) is 11.3 Å². The van der Waals surface area contributed by atoms with E-state index in [1.54, 1.807) is 11.3 Å². The lowest BCUT2D eigenvalue weighted by molar-refractivity contribution is 0.0953. The minimum absolute atomic E-state index is 0.164. The number of pyridine rings is 1. The van der Waals surface area contributed by atoms with Gasteiger partial charge in [0.05, 0.1) is 17.2 Å². The molecule has 0 aromatic carbocycles. The van der Waals surface area contributed by atoms with E-state index in [2.05, 4.69) is 30.6 Å². The van der Waals surface area contributed by atoms with Crippen LogP contribution in [-0.2, 0) is 6.54 Å². The Hall–Kier alpha value is -3.14. The van der Waals surface area contributed by atoms with Crippen molar-refractivity contribution in [2.75, 3.05) is 0 Å². The molecule has 0 spiro atoms. The number of nitrogens with zero attached hydrogens (tertiary/aromatic N) is 6. The monoisotopic (exact) mass is 369 g/mol. The lowest BCUT2D eigenvalue weighted by atomic mass is 10.2. The van der Waals surface area contributed by atoms with Crippen molar-refractivity contribution in [3.63, 3.8) is 0 Å². The summed E-state index contributed by atoms with van der Waals surface area (Å²) in [6.07, 6.45) is 1.81. The van der Waals surface area contributed by atoms with Crippen LogP contribution in [0.25, 0.3) is 17.1 Å². The van der Waals surface area contributed by atoms with E-state index in [4.69, 9.17) is 4.52 Å². The van der Waals surface area contributed by atoms with E-state index < -0.39 is 0 Å². The Labute approximate surface area is 152 Å². The fraction of sp³-hybridized carbons (Fsp3) is 0.250. The molecule has 0 aliphatic carbocycles. The average Bonchev–Trinajstić information content (AvgIpc) is 3.31. The van der Waals surface area contributed by atoms with Gasteiger partial charge in [0.1, 0.15) is 4.88 Å². The molecule has 4 rings (SSSR count). The van der Waals surface area contributed by atoms with Crippen molar-refractivity contribution in [1.29, 1.82) is 0 Å². The number of amides is 1. The highest BCUT2D eigenvalue weighted by Crippen LogP contribution is 2.19. The zero-order valence-corrected chi connectivity index (χ0v) is 15.2. The summed E-state index contributed by atoms with van der Waals surface area (Å²) in [4.78, 5) is 21.4. The van der Waals surface area contributed by atoms with Gasteiger partial charge in [-0.25, -0.2) is 4.98 Å². The number of hydrogen-bond donors (Lipinski definition) is 1. The van der Waals surface area contributed by atoms with Crippen LogP contribution in [0, 0.1) is 20.8 Å². The highest BCUT2D eigenvalue weighted by atomic mass is 32.1. The zero-order chi connectivity index (χ0) is 18.3. The van der Waals surface area contributed by atoms with Crippen LogP contribution >= 0.6 is 11.3 Å². The minimum atomic E-state index is -0.164. The van der Waals surface area contributed by atoms with Crippen LogP contribution in [0.1, 0.15) is 32.0 Å². The molecule has 4 heterocycles. The quantitative estimate of drug-likeness (QED) is 0.586. The molecule has 0 saturated heterocycles. The first-order valence-electron chi connectivity index (χ1n) is 7.88. The molecule has 4 aromatic heterocycles. The van der Waals surface area contributed by atoms with E-state index in [0.717, 1.165) is 16.3 Å². The molecule has 10 heteroatoms. The summed E-state index contributed by atoms with van der Waals surface area (Å²) in [5, 5.41) is 15.8. The van der Waals surface area contributed by atoms with Gasteiger partial charge in [-0.2, -0.15) is 4.98 Å². The molecule has 4 aromatic rings. The smallest absolute Gasteiger partial charge is 0.263 e. The first-order valence-corrected chi connectivity index (χ1v) is 8.69. The molecule has 26 heavy (non-hydrogen) atoms. The Morgan fingerprint density at radius 1 is 1.27 bits per heavy atom. The van der Waals surface area contributed by atoms with E-state index >= 15 is 0 Å². The number of carbonyl (C=O) groups excluding carboxylic acids is 1. The first kappa shape index (κ1) is 16.3. The maximum absolute atomic E-state index is 12.3. The highest BCUT2D eigenvalue weighted by Gasteiger charge is 2.15. The summed E-state index contributed by atoms with van der Waals surface area (Å²) < 4.78 is 6.97. The van der Waals surface area contributed by atoms with Crippen LogP contribution in [0.2, 0.25) is 0 Å². The molecular formula is C16H15N7O2S. The third-order valence-electron chi connectivity index (χ3n) is 3.77. The van der Waals surface area contributed by atoms with Crippen molar-refractivity contribution in [2.24, 2.45) is 0 Å². The van der Waals surface area contributed by atoms with Crippen LogP contribution in [0.5, 0.6) is 0 Å². The minimum Gasteiger partial charge on any atom is -0.344 e. The van der Waals surface area contributed by atoms with Gasteiger partial charge in [0.25, 0.3) is 11.8 Å². The maximum Gasteiger partial charge on any atom is 0.263 e. The second-order valence-corrected chi connectivity index (χ2v) is 6.94. The topological polar surface area (TPSA) is 111 Å². The number of nitrogens with one attached hydrogen (secondary N) is 1. The van der Waals surface area contributed by atoms with Crippen molar-refractivity contribution in [3.05, 3.63) is 45.6 Å². The Bertz CT molecular complexity index is 1110. The number of carbonyl (C=O) groups is 1. The average molecular weight is 369 g/mol. The summed E-state index contributed by atoms with van der Waals surface area (Å²) in [5.74, 6) is 1.46. The van der Waals surface area contributed by atoms with Crippen LogP contribution in [-0.4, -0.2) is 35.6 Å². The lowest BCUT2D eigenvalue weighted by Crippen LogP contribution is -2.23. The highest BCUT2D eigenvalue weighted by molar-refractivity contribution is 7.13. The summed E-state index contributed by atoms with van der Waals surface area (Å²) in [6.45, 7) is 5.72. The molecular weight excluding hydrogens is 354 g/mol. The van der Waals surface area contributed by atoms with Gasteiger partial charge in [-0.15, -0.1) is 21.5 Å². The third kappa shape index (κ3) is 2.94. The summed E-state index contributed by atoms with van der Waals surface area (Å²) in [5.41, 5.74) is 2.12. The number of rotatable bonds is 4. The van der Waals surface area contributed by atoms with E-state index in [9.17, 15) is 4.79 Å². The molecule has 0 unspecified atom stereocenters. The molecule has 0 radical (unpaired) electrons. The number of thiazole rings is 1. The summed E-state index contributed by atoms with van der Waals surface area (Å²) in [7, 11) is 0. The molecule has 132 valence electrons. The van der Waals surface area contributed by atoms with Gasteiger partial charge in [-0.1, -0.05) is 5.16 Å².